The third-order valence-electron chi connectivity index (χ3n) is 4.97. The summed E-state index contributed by atoms with van der Waals surface area (Å²) in [6.07, 6.45) is 1.32. The first-order valence-corrected chi connectivity index (χ1v) is 11.3. The Morgan fingerprint density at radius 2 is 1.87 bits per heavy atom. The number of nitrogens with zero attached hydrogens (tertiary/aromatic N) is 1. The predicted molar refractivity (Wildman–Crippen MR) is 113 cm³/mol. The second kappa shape index (κ2) is 9.63. The predicted octanol–water partition coefficient (Wildman–Crippen LogP) is 3.71. The van der Waals surface area contributed by atoms with Gasteiger partial charge in [-0.05, 0) is 61.2 Å². The van der Waals surface area contributed by atoms with E-state index in [1.807, 2.05) is 0 Å². The lowest BCUT2D eigenvalue weighted by Crippen LogP contribution is -2.43. The summed E-state index contributed by atoms with van der Waals surface area (Å²) >= 11 is 5.93. The molecule has 0 bridgehead atoms. The van der Waals surface area contributed by atoms with E-state index in [1.165, 1.54) is 43.5 Å². The molecule has 1 saturated heterocycles. The molecule has 162 valence electrons. The van der Waals surface area contributed by atoms with Crippen molar-refractivity contribution in [1.82, 2.24) is 9.62 Å². The van der Waals surface area contributed by atoms with Crippen LogP contribution in [0, 0.1) is 11.7 Å². The van der Waals surface area contributed by atoms with Crippen molar-refractivity contribution in [2.45, 2.75) is 17.7 Å². The monoisotopic (exact) mass is 455 g/mol. The number of sulfonamides is 1. The molecule has 2 N–H and O–H groups in total. The van der Waals surface area contributed by atoms with Crippen molar-refractivity contribution < 1.29 is 22.3 Å². The zero-order valence-electron chi connectivity index (χ0n) is 16.4. The van der Waals surface area contributed by atoms with Gasteiger partial charge in [0.2, 0.25) is 10.0 Å². The number of hydrogen-bond acceptors (Lipinski definition) is 4. The Kier molecular flexibility index (Phi) is 7.17. The van der Waals surface area contributed by atoms with Crippen LogP contribution in [-0.2, 0) is 10.0 Å². The Balaban J connectivity index is 1.51. The molecule has 0 aromatic heterocycles. The van der Waals surface area contributed by atoms with Gasteiger partial charge in [0.1, 0.15) is 16.5 Å². The summed E-state index contributed by atoms with van der Waals surface area (Å²) in [6, 6.07) is 9.72. The molecule has 30 heavy (non-hydrogen) atoms. The molecule has 2 amide bonds. The number of benzene rings is 2. The molecule has 2 aromatic carbocycles. The van der Waals surface area contributed by atoms with Crippen LogP contribution in [0.1, 0.15) is 12.8 Å². The smallest absolute Gasteiger partial charge is 0.321 e. The third kappa shape index (κ3) is 5.62. The quantitative estimate of drug-likeness (QED) is 0.695. The maximum atomic E-state index is 13.0. The number of ether oxygens (including phenoxy) is 1. The van der Waals surface area contributed by atoms with Crippen LogP contribution < -0.4 is 14.8 Å². The summed E-state index contributed by atoms with van der Waals surface area (Å²) < 4.78 is 46.0. The molecule has 0 unspecified atom stereocenters. The Morgan fingerprint density at radius 1 is 1.20 bits per heavy atom. The molecule has 2 aromatic rings. The number of piperidine rings is 1. The molecule has 1 aliphatic rings. The molecule has 1 aliphatic heterocycles. The minimum atomic E-state index is -3.78. The first kappa shape index (κ1) is 22.3. The van der Waals surface area contributed by atoms with Gasteiger partial charge in [0.25, 0.3) is 0 Å². The SMILES string of the molecule is COc1ccc(Cl)cc1S(=O)(=O)NCC1CCN(C(=O)Nc2ccc(F)cc2)CC1. The van der Waals surface area contributed by atoms with E-state index in [9.17, 15) is 17.6 Å². The average Bonchev–Trinajstić information content (AvgIpc) is 2.74. The minimum Gasteiger partial charge on any atom is -0.495 e. The van der Waals surface area contributed by atoms with Gasteiger partial charge < -0.3 is 15.0 Å². The minimum absolute atomic E-state index is 0.00592. The molecule has 1 heterocycles. The Hall–Kier alpha value is -2.36. The molecule has 0 spiro atoms. The number of carbonyl (C=O) groups excluding carboxylic acids is 1. The largest absolute Gasteiger partial charge is 0.495 e. The highest BCUT2D eigenvalue weighted by molar-refractivity contribution is 7.89. The molecule has 10 heteroatoms. The van der Waals surface area contributed by atoms with Crippen LogP contribution in [0.15, 0.2) is 47.4 Å². The maximum absolute atomic E-state index is 13.0. The number of halogens is 2. The number of anilines is 1. The zero-order chi connectivity index (χ0) is 21.7. The number of hydrogen-bond donors (Lipinski definition) is 2. The van der Waals surface area contributed by atoms with E-state index in [4.69, 9.17) is 16.3 Å². The van der Waals surface area contributed by atoms with Gasteiger partial charge in [-0.15, -0.1) is 0 Å². The highest BCUT2D eigenvalue weighted by Crippen LogP contribution is 2.27. The lowest BCUT2D eigenvalue weighted by atomic mass is 9.97. The normalized spacial score (nSPS) is 15.1. The molecule has 0 radical (unpaired) electrons. The van der Waals surface area contributed by atoms with Crippen molar-refractivity contribution in [2.75, 3.05) is 32.1 Å². The standard InChI is InChI=1S/C20H23ClFN3O4S/c1-29-18-7-2-15(21)12-19(18)30(27,28)23-13-14-8-10-25(11-9-14)20(26)24-17-5-3-16(22)4-6-17/h2-7,12,14,23H,8-11,13H2,1H3,(H,24,26). The second-order valence-electron chi connectivity index (χ2n) is 7.01. The van der Waals surface area contributed by atoms with Gasteiger partial charge in [0.05, 0.1) is 7.11 Å². The lowest BCUT2D eigenvalue weighted by Gasteiger charge is -2.32. The molecular formula is C20H23ClFN3O4S. The first-order chi connectivity index (χ1) is 14.3. The van der Waals surface area contributed by atoms with E-state index in [2.05, 4.69) is 10.0 Å². The molecule has 0 atom stereocenters. The van der Waals surface area contributed by atoms with Gasteiger partial charge in [-0.25, -0.2) is 22.3 Å². The Labute approximate surface area is 180 Å². The maximum Gasteiger partial charge on any atom is 0.321 e. The highest BCUT2D eigenvalue weighted by atomic mass is 35.5. The Morgan fingerprint density at radius 3 is 2.50 bits per heavy atom. The summed E-state index contributed by atoms with van der Waals surface area (Å²) in [6.45, 7) is 1.26. The summed E-state index contributed by atoms with van der Waals surface area (Å²) in [5.74, 6) is -0.0503. The van der Waals surface area contributed by atoms with Crippen LogP contribution in [0.2, 0.25) is 5.02 Å². The van der Waals surface area contributed by atoms with Gasteiger partial charge in [-0.3, -0.25) is 0 Å². The van der Waals surface area contributed by atoms with Crippen LogP contribution in [0.5, 0.6) is 5.75 Å². The second-order valence-corrected chi connectivity index (χ2v) is 9.19. The van der Waals surface area contributed by atoms with E-state index >= 15 is 0 Å². The number of urea groups is 1. The summed E-state index contributed by atoms with van der Waals surface area (Å²) in [5.41, 5.74) is 0.520. The summed E-state index contributed by atoms with van der Waals surface area (Å²) in [4.78, 5) is 14.0. The van der Waals surface area contributed by atoms with E-state index < -0.39 is 10.0 Å². The lowest BCUT2D eigenvalue weighted by molar-refractivity contribution is 0.183. The van der Waals surface area contributed by atoms with E-state index in [0.29, 0.717) is 36.6 Å². The van der Waals surface area contributed by atoms with Crippen molar-refractivity contribution >= 4 is 33.3 Å². The summed E-state index contributed by atoms with van der Waals surface area (Å²) in [5, 5.41) is 3.03. The highest BCUT2D eigenvalue weighted by Gasteiger charge is 2.26. The molecule has 1 fully saturated rings. The zero-order valence-corrected chi connectivity index (χ0v) is 18.0. The van der Waals surface area contributed by atoms with Crippen molar-refractivity contribution in [1.29, 1.82) is 0 Å². The fourth-order valence-corrected chi connectivity index (χ4v) is 4.79. The van der Waals surface area contributed by atoms with Gasteiger partial charge in [-0.2, -0.15) is 0 Å². The van der Waals surface area contributed by atoms with Crippen molar-refractivity contribution in [2.24, 2.45) is 5.92 Å². The third-order valence-corrected chi connectivity index (χ3v) is 6.65. The topological polar surface area (TPSA) is 87.7 Å². The molecular weight excluding hydrogens is 433 g/mol. The number of methoxy groups -OCH3 is 1. The number of likely N-dealkylation sites (tertiary alicyclic amines) is 1. The van der Waals surface area contributed by atoms with Crippen LogP contribution in [-0.4, -0.2) is 46.1 Å². The Bertz CT molecular complexity index is 994. The molecule has 0 aliphatic carbocycles. The number of amides is 2. The number of carbonyl (C=O) groups is 1. The fourth-order valence-electron chi connectivity index (χ4n) is 3.24. The molecule has 3 rings (SSSR count). The van der Waals surface area contributed by atoms with Gasteiger partial charge in [0, 0.05) is 30.3 Å². The fraction of sp³-hybridized carbons (Fsp3) is 0.350. The van der Waals surface area contributed by atoms with Crippen LogP contribution >= 0.6 is 11.6 Å². The number of rotatable bonds is 6. The number of nitrogens with one attached hydrogen (secondary N) is 2. The summed E-state index contributed by atoms with van der Waals surface area (Å²) in [7, 11) is -2.38. The molecule has 0 saturated carbocycles. The van der Waals surface area contributed by atoms with Crippen molar-refractivity contribution in [3.63, 3.8) is 0 Å². The first-order valence-electron chi connectivity index (χ1n) is 9.43. The van der Waals surface area contributed by atoms with Crippen LogP contribution in [0.4, 0.5) is 14.9 Å². The van der Waals surface area contributed by atoms with E-state index in [1.54, 1.807) is 11.0 Å². The van der Waals surface area contributed by atoms with Gasteiger partial charge in [0.15, 0.2) is 0 Å². The van der Waals surface area contributed by atoms with Gasteiger partial charge >= 0.3 is 6.03 Å². The van der Waals surface area contributed by atoms with E-state index in [0.717, 1.165) is 0 Å². The van der Waals surface area contributed by atoms with Crippen molar-refractivity contribution in [3.8, 4) is 5.75 Å². The van der Waals surface area contributed by atoms with Crippen molar-refractivity contribution in [3.05, 3.63) is 53.3 Å². The van der Waals surface area contributed by atoms with Crippen LogP contribution in [0.25, 0.3) is 0 Å². The van der Waals surface area contributed by atoms with Gasteiger partial charge in [-0.1, -0.05) is 11.6 Å². The van der Waals surface area contributed by atoms with Crippen LogP contribution in [0.3, 0.4) is 0 Å². The average molecular weight is 456 g/mol. The molecule has 7 nitrogen and oxygen atoms in total. The van der Waals surface area contributed by atoms with E-state index in [-0.39, 0.29) is 35.0 Å².